The van der Waals surface area contributed by atoms with Crippen molar-refractivity contribution >= 4 is 28.1 Å². The van der Waals surface area contributed by atoms with E-state index >= 15 is 0 Å². The first-order valence-corrected chi connectivity index (χ1v) is 9.42. The van der Waals surface area contributed by atoms with Gasteiger partial charge in [-0.3, -0.25) is 14.4 Å². The molecule has 4 rings (SSSR count). The average Bonchev–Trinajstić information content (AvgIpc) is 2.68. The van der Waals surface area contributed by atoms with Crippen molar-refractivity contribution in [2.75, 3.05) is 0 Å². The summed E-state index contributed by atoms with van der Waals surface area (Å²) in [5.41, 5.74) is 3.80. The normalized spacial score (nSPS) is 26.0. The zero-order valence-electron chi connectivity index (χ0n) is 16.6. The fourth-order valence-corrected chi connectivity index (χ4v) is 4.76. The van der Waals surface area contributed by atoms with Gasteiger partial charge in [-0.05, 0) is 49.3 Å². The third kappa shape index (κ3) is 2.20. The van der Waals surface area contributed by atoms with Crippen molar-refractivity contribution in [2.45, 2.75) is 38.8 Å². The first-order chi connectivity index (χ1) is 13.9. The van der Waals surface area contributed by atoms with Gasteiger partial charge in [-0.2, -0.15) is 0 Å². The average molecular weight is 411 g/mol. The Morgan fingerprint density at radius 1 is 1.13 bits per heavy atom. The number of phenolic OH excluding ortho intramolecular Hbond substituents is 2. The molecule has 30 heavy (non-hydrogen) atoms. The number of fused-ring (bicyclic) bond motifs is 3. The Bertz CT molecular complexity index is 1230. The second-order valence-corrected chi connectivity index (χ2v) is 8.06. The predicted molar refractivity (Wildman–Crippen MR) is 107 cm³/mol. The lowest BCUT2D eigenvalue weighted by Gasteiger charge is -2.45. The Labute approximate surface area is 171 Å². The SMILES string of the molecule is CC(=O)C1=C(O)[C@@]2(O)C(=O)c3c(c(C)c4ccc(C)c(O)c4c3O)C[C@H]2[C@H](N)C1=O. The fourth-order valence-electron chi connectivity index (χ4n) is 4.76. The standard InChI is InChI=1S/C22H21NO7/c1-7-4-5-10-8(2)11-6-12-16(23)19(27)13(9(3)24)20(28)22(12,30)21(29)15(11)18(26)14(10)17(7)25/h4-5,12,16,25-26,28,30H,6,23H2,1-3H3/t12-,16-,22+/m0/s1. The molecule has 156 valence electrons. The van der Waals surface area contributed by atoms with Gasteiger partial charge in [0.05, 0.1) is 17.0 Å². The summed E-state index contributed by atoms with van der Waals surface area (Å²) in [6, 6.07) is 1.97. The van der Waals surface area contributed by atoms with E-state index in [1.54, 1.807) is 26.0 Å². The summed E-state index contributed by atoms with van der Waals surface area (Å²) < 4.78 is 0. The summed E-state index contributed by atoms with van der Waals surface area (Å²) in [6.07, 6.45) is -0.0936. The molecule has 0 fully saturated rings. The van der Waals surface area contributed by atoms with Crippen LogP contribution in [0.5, 0.6) is 11.5 Å². The van der Waals surface area contributed by atoms with Crippen molar-refractivity contribution in [3.8, 4) is 11.5 Å². The zero-order valence-corrected chi connectivity index (χ0v) is 16.6. The van der Waals surface area contributed by atoms with E-state index in [1.165, 1.54) is 0 Å². The Morgan fingerprint density at radius 3 is 2.37 bits per heavy atom. The number of Topliss-reactive ketones (excluding diaryl/α,β-unsaturated/α-hetero) is 3. The highest BCUT2D eigenvalue weighted by Crippen LogP contribution is 2.50. The molecule has 0 unspecified atom stereocenters. The monoisotopic (exact) mass is 411 g/mol. The van der Waals surface area contributed by atoms with Gasteiger partial charge in [-0.1, -0.05) is 12.1 Å². The highest BCUT2D eigenvalue weighted by atomic mass is 16.3. The van der Waals surface area contributed by atoms with Crippen LogP contribution in [0, 0.1) is 19.8 Å². The van der Waals surface area contributed by atoms with E-state index in [-0.39, 0.29) is 23.1 Å². The van der Waals surface area contributed by atoms with Crippen molar-refractivity contribution in [1.29, 1.82) is 0 Å². The highest BCUT2D eigenvalue weighted by molar-refractivity contribution is 6.25. The van der Waals surface area contributed by atoms with E-state index in [2.05, 4.69) is 0 Å². The van der Waals surface area contributed by atoms with Gasteiger partial charge in [0.25, 0.3) is 0 Å². The van der Waals surface area contributed by atoms with Crippen molar-refractivity contribution in [3.05, 3.63) is 45.7 Å². The minimum absolute atomic E-state index is 0.0492. The number of hydrogen-bond acceptors (Lipinski definition) is 8. The highest BCUT2D eigenvalue weighted by Gasteiger charge is 2.60. The number of rotatable bonds is 1. The molecule has 0 aliphatic heterocycles. The summed E-state index contributed by atoms with van der Waals surface area (Å²) in [4.78, 5) is 37.9. The summed E-state index contributed by atoms with van der Waals surface area (Å²) >= 11 is 0. The van der Waals surface area contributed by atoms with E-state index in [0.717, 1.165) is 6.92 Å². The molecule has 2 aromatic carbocycles. The van der Waals surface area contributed by atoms with Gasteiger partial charge < -0.3 is 26.2 Å². The summed E-state index contributed by atoms with van der Waals surface area (Å²) in [5.74, 6) is -5.76. The molecule has 0 amide bonds. The lowest BCUT2D eigenvalue weighted by molar-refractivity contribution is -0.127. The molecule has 2 aliphatic rings. The number of carbonyl (C=O) groups is 3. The fraction of sp³-hybridized carbons (Fsp3) is 0.318. The van der Waals surface area contributed by atoms with Crippen LogP contribution >= 0.6 is 0 Å². The minimum atomic E-state index is -2.64. The van der Waals surface area contributed by atoms with Gasteiger partial charge in [-0.15, -0.1) is 0 Å². The number of carbonyl (C=O) groups excluding carboxylic acids is 3. The smallest absolute Gasteiger partial charge is 0.206 e. The molecule has 3 atom stereocenters. The molecule has 0 aromatic heterocycles. The molecule has 0 bridgehead atoms. The number of ketones is 3. The minimum Gasteiger partial charge on any atom is -0.508 e. The molecular weight excluding hydrogens is 390 g/mol. The van der Waals surface area contributed by atoms with Crippen molar-refractivity contribution in [3.63, 3.8) is 0 Å². The maximum atomic E-state index is 13.5. The molecule has 0 spiro atoms. The van der Waals surface area contributed by atoms with Gasteiger partial charge in [0, 0.05) is 5.92 Å². The summed E-state index contributed by atoms with van der Waals surface area (Å²) in [6.45, 7) is 4.35. The largest absolute Gasteiger partial charge is 0.508 e. The van der Waals surface area contributed by atoms with Gasteiger partial charge in [0.15, 0.2) is 17.2 Å². The van der Waals surface area contributed by atoms with Crippen LogP contribution < -0.4 is 5.73 Å². The van der Waals surface area contributed by atoms with Crippen molar-refractivity contribution in [1.82, 2.24) is 0 Å². The Hall–Kier alpha value is -3.23. The van der Waals surface area contributed by atoms with E-state index in [4.69, 9.17) is 5.73 Å². The molecule has 0 radical (unpaired) electrons. The maximum Gasteiger partial charge on any atom is 0.206 e. The molecule has 8 heteroatoms. The predicted octanol–water partition coefficient (Wildman–Crippen LogP) is 1.27. The van der Waals surface area contributed by atoms with Crippen LogP contribution in [0.1, 0.15) is 34.0 Å². The quantitative estimate of drug-likeness (QED) is 0.439. The van der Waals surface area contributed by atoms with Crippen LogP contribution in [-0.2, 0) is 16.0 Å². The topological polar surface area (TPSA) is 158 Å². The zero-order chi connectivity index (χ0) is 22.3. The summed E-state index contributed by atoms with van der Waals surface area (Å²) in [5, 5.41) is 43.9. The third-order valence-corrected chi connectivity index (χ3v) is 6.48. The third-order valence-electron chi connectivity index (χ3n) is 6.48. The van der Waals surface area contributed by atoms with E-state index in [9.17, 15) is 34.8 Å². The van der Waals surface area contributed by atoms with E-state index in [0.29, 0.717) is 22.1 Å². The van der Waals surface area contributed by atoms with Crippen molar-refractivity contribution in [2.24, 2.45) is 11.7 Å². The number of nitrogens with two attached hydrogens (primary N) is 1. The molecule has 6 N–H and O–H groups in total. The van der Waals surface area contributed by atoms with E-state index in [1.807, 2.05) is 0 Å². The van der Waals surface area contributed by atoms with Crippen LogP contribution in [0.25, 0.3) is 10.8 Å². The number of aliphatic hydroxyl groups excluding tert-OH is 1. The maximum absolute atomic E-state index is 13.5. The molecule has 2 aromatic rings. The first kappa shape index (κ1) is 20.1. The number of aliphatic hydroxyl groups is 2. The molecule has 8 nitrogen and oxygen atoms in total. The Kier molecular flexibility index (Phi) is 4.10. The second-order valence-electron chi connectivity index (χ2n) is 8.06. The van der Waals surface area contributed by atoms with Gasteiger partial charge >= 0.3 is 0 Å². The van der Waals surface area contributed by atoms with E-state index < -0.39 is 52.0 Å². The number of aryl methyl sites for hydroxylation is 2. The van der Waals surface area contributed by atoms with Crippen LogP contribution in [-0.4, -0.2) is 49.4 Å². The summed E-state index contributed by atoms with van der Waals surface area (Å²) in [7, 11) is 0. The van der Waals surface area contributed by atoms with Crippen molar-refractivity contribution < 1.29 is 34.8 Å². The molecular formula is C22H21NO7. The van der Waals surface area contributed by atoms with Gasteiger partial charge in [-0.25, -0.2) is 0 Å². The van der Waals surface area contributed by atoms with Gasteiger partial charge in [0.1, 0.15) is 22.8 Å². The van der Waals surface area contributed by atoms with Crippen LogP contribution in [0.4, 0.5) is 0 Å². The lowest BCUT2D eigenvalue weighted by Crippen LogP contribution is -2.63. The molecule has 2 aliphatic carbocycles. The van der Waals surface area contributed by atoms with Crippen LogP contribution in [0.15, 0.2) is 23.5 Å². The second kappa shape index (κ2) is 6.13. The Morgan fingerprint density at radius 2 is 1.77 bits per heavy atom. The number of benzene rings is 2. The number of aromatic hydroxyl groups is 2. The molecule has 0 saturated heterocycles. The first-order valence-electron chi connectivity index (χ1n) is 9.42. The Balaban J connectivity index is 2.11. The lowest BCUT2D eigenvalue weighted by atomic mass is 9.61. The van der Waals surface area contributed by atoms with Gasteiger partial charge in [0.2, 0.25) is 5.78 Å². The number of phenols is 2. The molecule has 0 heterocycles. The number of hydrogen-bond donors (Lipinski definition) is 5. The molecule has 0 saturated carbocycles. The van der Waals surface area contributed by atoms with Crippen LogP contribution in [0.3, 0.4) is 0 Å². The van der Waals surface area contributed by atoms with Crippen LogP contribution in [0.2, 0.25) is 0 Å².